The molecule has 2 atom stereocenters. The van der Waals surface area contributed by atoms with Gasteiger partial charge in [-0.15, -0.1) is 0 Å². The normalized spacial score (nSPS) is 13.3. The van der Waals surface area contributed by atoms with Crippen molar-refractivity contribution in [3.05, 3.63) is 0 Å². The Morgan fingerprint density at radius 3 is 1.67 bits per heavy atom. The topological polar surface area (TPSA) is 133 Å². The van der Waals surface area contributed by atoms with Crippen LogP contribution in [-0.2, 0) is 19.2 Å². The molecule has 0 aromatic carbocycles. The lowest BCUT2D eigenvalue weighted by molar-refractivity contribution is -0.142. The Morgan fingerprint density at radius 2 is 1.33 bits per heavy atom. The lowest BCUT2D eigenvalue weighted by atomic mass is 10.0. The third kappa shape index (κ3) is 7.91. The Labute approximate surface area is 122 Å². The van der Waals surface area contributed by atoms with E-state index in [0.717, 1.165) is 0 Å². The Hall–Kier alpha value is -2.12. The quantitative estimate of drug-likeness (QED) is 0.473. The van der Waals surface area contributed by atoms with Crippen molar-refractivity contribution in [1.82, 2.24) is 10.6 Å². The zero-order valence-corrected chi connectivity index (χ0v) is 12.4. The molecule has 0 fully saturated rings. The average Bonchev–Trinajstić information content (AvgIpc) is 2.34. The van der Waals surface area contributed by atoms with Gasteiger partial charge in [-0.05, 0) is 19.3 Å². The summed E-state index contributed by atoms with van der Waals surface area (Å²) < 4.78 is 0. The molecule has 0 aromatic rings. The van der Waals surface area contributed by atoms with Crippen molar-refractivity contribution in [3.8, 4) is 0 Å². The highest BCUT2D eigenvalue weighted by molar-refractivity contribution is 5.84. The number of carboxylic acids is 2. The summed E-state index contributed by atoms with van der Waals surface area (Å²) in [6, 6.07) is -2.12. The van der Waals surface area contributed by atoms with Crippen LogP contribution in [0, 0.1) is 5.92 Å². The highest BCUT2D eigenvalue weighted by Gasteiger charge is 2.23. The number of hydrogen-bond acceptors (Lipinski definition) is 4. The summed E-state index contributed by atoms with van der Waals surface area (Å²) in [5.41, 5.74) is 0. The molecule has 8 heteroatoms. The van der Waals surface area contributed by atoms with Gasteiger partial charge in [-0.1, -0.05) is 13.8 Å². The van der Waals surface area contributed by atoms with E-state index in [0.29, 0.717) is 0 Å². The van der Waals surface area contributed by atoms with Crippen LogP contribution >= 0.6 is 0 Å². The molecule has 0 saturated heterocycles. The van der Waals surface area contributed by atoms with Gasteiger partial charge in [-0.2, -0.15) is 0 Å². The second-order valence-corrected chi connectivity index (χ2v) is 5.08. The summed E-state index contributed by atoms with van der Waals surface area (Å²) >= 11 is 0. The van der Waals surface area contributed by atoms with E-state index >= 15 is 0 Å². The van der Waals surface area contributed by atoms with Crippen molar-refractivity contribution in [1.29, 1.82) is 0 Å². The van der Waals surface area contributed by atoms with Crippen LogP contribution < -0.4 is 10.6 Å². The third-order valence-corrected chi connectivity index (χ3v) is 2.80. The smallest absolute Gasteiger partial charge is 0.326 e. The van der Waals surface area contributed by atoms with Crippen molar-refractivity contribution in [2.45, 2.75) is 52.1 Å². The van der Waals surface area contributed by atoms with E-state index in [2.05, 4.69) is 10.6 Å². The minimum Gasteiger partial charge on any atom is -0.480 e. The maximum atomic E-state index is 11.5. The number of amides is 2. The Balaban J connectivity index is 4.42. The molecule has 21 heavy (non-hydrogen) atoms. The number of aliphatic carboxylic acids is 2. The molecule has 4 N–H and O–H groups in total. The predicted octanol–water partition coefficient (Wildman–Crippen LogP) is -0.0286. The average molecular weight is 302 g/mol. The van der Waals surface area contributed by atoms with Crippen LogP contribution in [0.5, 0.6) is 0 Å². The van der Waals surface area contributed by atoms with Gasteiger partial charge >= 0.3 is 11.9 Å². The minimum atomic E-state index is -1.18. The molecule has 8 nitrogen and oxygen atoms in total. The molecule has 0 aliphatic carbocycles. The van der Waals surface area contributed by atoms with Gasteiger partial charge in [0.05, 0.1) is 0 Å². The first-order chi connectivity index (χ1) is 9.65. The monoisotopic (exact) mass is 302 g/mol. The minimum absolute atomic E-state index is 0.0935. The number of carboxylic acid groups (broad SMARTS) is 2. The molecule has 0 aliphatic rings. The van der Waals surface area contributed by atoms with Crippen LogP contribution in [-0.4, -0.2) is 46.0 Å². The number of nitrogens with one attached hydrogen (secondary N) is 2. The van der Waals surface area contributed by atoms with Gasteiger partial charge in [0, 0.05) is 12.8 Å². The zero-order valence-electron chi connectivity index (χ0n) is 12.4. The molecule has 2 amide bonds. The summed E-state index contributed by atoms with van der Waals surface area (Å²) in [5, 5.41) is 22.6. The molecular formula is C13H22N2O6. The van der Waals surface area contributed by atoms with Crippen LogP contribution in [0.3, 0.4) is 0 Å². The van der Waals surface area contributed by atoms with Crippen LogP contribution in [0.15, 0.2) is 0 Å². The number of rotatable bonds is 9. The van der Waals surface area contributed by atoms with Crippen LogP contribution in [0.25, 0.3) is 0 Å². The molecule has 120 valence electrons. The second kappa shape index (κ2) is 8.93. The van der Waals surface area contributed by atoms with E-state index in [-0.39, 0.29) is 31.1 Å². The van der Waals surface area contributed by atoms with Gasteiger partial charge in [0.2, 0.25) is 11.8 Å². The van der Waals surface area contributed by atoms with E-state index in [4.69, 9.17) is 10.2 Å². The van der Waals surface area contributed by atoms with Crippen molar-refractivity contribution in [3.63, 3.8) is 0 Å². The molecule has 0 aliphatic heterocycles. The highest BCUT2D eigenvalue weighted by atomic mass is 16.4. The summed E-state index contributed by atoms with van der Waals surface area (Å²) in [4.78, 5) is 44.3. The molecule has 0 spiro atoms. The van der Waals surface area contributed by atoms with E-state index < -0.39 is 29.9 Å². The van der Waals surface area contributed by atoms with Crippen LogP contribution in [0.4, 0.5) is 0 Å². The van der Waals surface area contributed by atoms with E-state index in [1.807, 2.05) is 0 Å². The zero-order chi connectivity index (χ0) is 16.6. The first-order valence-corrected chi connectivity index (χ1v) is 6.68. The van der Waals surface area contributed by atoms with Crippen molar-refractivity contribution in [2.75, 3.05) is 0 Å². The van der Waals surface area contributed by atoms with Gasteiger partial charge in [0.25, 0.3) is 0 Å². The van der Waals surface area contributed by atoms with Crippen LogP contribution in [0.2, 0.25) is 0 Å². The van der Waals surface area contributed by atoms with Crippen LogP contribution in [0.1, 0.15) is 40.0 Å². The fourth-order valence-electron chi connectivity index (χ4n) is 1.62. The second-order valence-electron chi connectivity index (χ2n) is 5.08. The summed E-state index contributed by atoms with van der Waals surface area (Å²) in [5.74, 6) is -3.53. The predicted molar refractivity (Wildman–Crippen MR) is 73.5 cm³/mol. The summed E-state index contributed by atoms with van der Waals surface area (Å²) in [6.45, 7) is 4.50. The largest absolute Gasteiger partial charge is 0.480 e. The van der Waals surface area contributed by atoms with E-state index in [1.165, 1.54) is 6.92 Å². The Kier molecular flexibility index (Phi) is 8.03. The molecule has 0 radical (unpaired) electrons. The lowest BCUT2D eigenvalue weighted by Crippen LogP contribution is -2.43. The summed E-state index contributed by atoms with van der Waals surface area (Å²) in [6.07, 6.45) is 0.431. The first kappa shape index (κ1) is 18.9. The molecule has 0 aromatic heterocycles. The molecule has 0 bridgehead atoms. The maximum absolute atomic E-state index is 11.5. The third-order valence-electron chi connectivity index (χ3n) is 2.80. The fraction of sp³-hybridized carbons (Fsp3) is 0.692. The first-order valence-electron chi connectivity index (χ1n) is 6.68. The number of hydrogen-bond donors (Lipinski definition) is 4. The van der Waals surface area contributed by atoms with Gasteiger partial charge in [-0.25, -0.2) is 9.59 Å². The Bertz CT molecular complexity index is 407. The fourth-order valence-corrected chi connectivity index (χ4v) is 1.62. The standard InChI is InChI=1S/C13H22N2O6/c1-7(2)11(17)15-10(13(20)21)6-4-5-9(12(18)19)14-8(3)16/h7,9-10H,4-6H2,1-3H3,(H,14,16)(H,15,17)(H,18,19)(H,20,21). The molecule has 0 saturated carbocycles. The molecule has 0 rings (SSSR count). The number of carbonyl (C=O) groups is 4. The SMILES string of the molecule is CC(=O)NC(CCCC(NC(=O)C(C)C)C(=O)O)C(=O)O. The van der Waals surface area contributed by atoms with Crippen molar-refractivity contribution < 1.29 is 29.4 Å². The molecule has 2 unspecified atom stereocenters. The van der Waals surface area contributed by atoms with E-state index in [1.54, 1.807) is 13.8 Å². The summed E-state index contributed by atoms with van der Waals surface area (Å²) in [7, 11) is 0. The maximum Gasteiger partial charge on any atom is 0.326 e. The highest BCUT2D eigenvalue weighted by Crippen LogP contribution is 2.07. The number of carbonyl (C=O) groups excluding carboxylic acids is 2. The molecular weight excluding hydrogens is 280 g/mol. The van der Waals surface area contributed by atoms with E-state index in [9.17, 15) is 19.2 Å². The van der Waals surface area contributed by atoms with Gasteiger partial charge in [0.15, 0.2) is 0 Å². The van der Waals surface area contributed by atoms with Gasteiger partial charge in [0.1, 0.15) is 12.1 Å². The van der Waals surface area contributed by atoms with Gasteiger partial charge in [-0.3, -0.25) is 9.59 Å². The lowest BCUT2D eigenvalue weighted by Gasteiger charge is -2.17. The molecule has 0 heterocycles. The van der Waals surface area contributed by atoms with Crippen molar-refractivity contribution in [2.24, 2.45) is 5.92 Å². The van der Waals surface area contributed by atoms with Gasteiger partial charge < -0.3 is 20.8 Å². The van der Waals surface area contributed by atoms with Crippen molar-refractivity contribution >= 4 is 23.8 Å². The Morgan fingerprint density at radius 1 is 0.905 bits per heavy atom.